The van der Waals surface area contributed by atoms with Crippen LogP contribution in [-0.2, 0) is 6.54 Å². The molecule has 0 unspecified atom stereocenters. The number of anilines is 2. The highest BCUT2D eigenvalue weighted by molar-refractivity contribution is 5.36. The molecule has 8 heteroatoms. The number of hydrogen-bond donors (Lipinski definition) is 2. The third kappa shape index (κ3) is 4.83. The zero-order chi connectivity index (χ0) is 15.1. The third-order valence-corrected chi connectivity index (χ3v) is 2.36. The van der Waals surface area contributed by atoms with E-state index in [9.17, 15) is 0 Å². The molecule has 2 heterocycles. The van der Waals surface area contributed by atoms with Crippen LogP contribution in [0.1, 0.15) is 26.5 Å². The molecule has 0 radical (unpaired) electrons. The Balaban J connectivity index is 2.11. The van der Waals surface area contributed by atoms with Crippen molar-refractivity contribution in [1.82, 2.24) is 24.9 Å². The fourth-order valence-corrected chi connectivity index (χ4v) is 1.53. The van der Waals surface area contributed by atoms with Crippen molar-refractivity contribution in [3.8, 4) is 6.01 Å². The summed E-state index contributed by atoms with van der Waals surface area (Å²) in [5, 5.41) is 6.15. The molecule has 0 bridgehead atoms. The molecule has 112 valence electrons. The molecule has 0 saturated heterocycles. The SMILES string of the molecule is CCNc1nc(NCc2ccncn2)nc(OC(C)C)n1. The molecule has 0 spiro atoms. The number of nitrogens with one attached hydrogen (secondary N) is 2. The molecule has 21 heavy (non-hydrogen) atoms. The normalized spacial score (nSPS) is 10.5. The van der Waals surface area contributed by atoms with Crippen LogP contribution in [0, 0.1) is 0 Å². The number of rotatable bonds is 7. The van der Waals surface area contributed by atoms with Crippen molar-refractivity contribution in [2.24, 2.45) is 0 Å². The maximum absolute atomic E-state index is 5.53. The summed E-state index contributed by atoms with van der Waals surface area (Å²) in [6.45, 7) is 7.03. The van der Waals surface area contributed by atoms with Gasteiger partial charge < -0.3 is 15.4 Å². The number of nitrogens with zero attached hydrogens (tertiary/aromatic N) is 5. The fraction of sp³-hybridized carbons (Fsp3) is 0.462. The second-order valence-corrected chi connectivity index (χ2v) is 4.52. The van der Waals surface area contributed by atoms with Crippen LogP contribution in [0.15, 0.2) is 18.6 Å². The highest BCUT2D eigenvalue weighted by atomic mass is 16.5. The lowest BCUT2D eigenvalue weighted by atomic mass is 10.4. The Morgan fingerprint density at radius 2 is 1.90 bits per heavy atom. The van der Waals surface area contributed by atoms with Crippen LogP contribution in [-0.4, -0.2) is 37.6 Å². The number of aromatic nitrogens is 5. The minimum atomic E-state index is -0.00316. The molecule has 2 aromatic heterocycles. The topological polar surface area (TPSA) is 97.7 Å². The first-order valence-electron chi connectivity index (χ1n) is 6.82. The Morgan fingerprint density at radius 1 is 1.14 bits per heavy atom. The predicted octanol–water partition coefficient (Wildman–Crippen LogP) is 1.49. The van der Waals surface area contributed by atoms with Crippen molar-refractivity contribution in [2.75, 3.05) is 17.2 Å². The number of hydrogen-bond acceptors (Lipinski definition) is 8. The van der Waals surface area contributed by atoms with E-state index in [-0.39, 0.29) is 6.10 Å². The quantitative estimate of drug-likeness (QED) is 0.791. The lowest BCUT2D eigenvalue weighted by Crippen LogP contribution is -2.14. The molecule has 0 aromatic carbocycles. The summed E-state index contributed by atoms with van der Waals surface area (Å²) >= 11 is 0. The molecular weight excluding hydrogens is 270 g/mol. The van der Waals surface area contributed by atoms with Gasteiger partial charge in [-0.2, -0.15) is 15.0 Å². The summed E-state index contributed by atoms with van der Waals surface area (Å²) in [5.74, 6) is 0.920. The minimum absolute atomic E-state index is 0.00316. The van der Waals surface area contributed by atoms with Gasteiger partial charge in [0.05, 0.1) is 18.3 Å². The Bertz CT molecular complexity index is 562. The highest BCUT2D eigenvalue weighted by Crippen LogP contribution is 2.13. The molecule has 2 aromatic rings. The second-order valence-electron chi connectivity index (χ2n) is 4.52. The molecule has 8 nitrogen and oxygen atoms in total. The first kappa shape index (κ1) is 14.9. The molecule has 0 aliphatic heterocycles. The molecule has 0 fully saturated rings. The zero-order valence-electron chi connectivity index (χ0n) is 12.4. The lowest BCUT2D eigenvalue weighted by molar-refractivity contribution is 0.222. The zero-order valence-corrected chi connectivity index (χ0v) is 12.4. The molecule has 0 aliphatic carbocycles. The summed E-state index contributed by atoms with van der Waals surface area (Å²) in [7, 11) is 0. The van der Waals surface area contributed by atoms with Crippen molar-refractivity contribution in [3.63, 3.8) is 0 Å². The largest absolute Gasteiger partial charge is 0.461 e. The van der Waals surface area contributed by atoms with E-state index in [1.165, 1.54) is 6.33 Å². The van der Waals surface area contributed by atoms with Crippen LogP contribution >= 0.6 is 0 Å². The summed E-state index contributed by atoms with van der Waals surface area (Å²) < 4.78 is 5.53. The molecule has 0 saturated carbocycles. The summed E-state index contributed by atoms with van der Waals surface area (Å²) in [6, 6.07) is 2.12. The van der Waals surface area contributed by atoms with Gasteiger partial charge in [0.15, 0.2) is 0 Å². The van der Waals surface area contributed by atoms with Crippen molar-refractivity contribution in [1.29, 1.82) is 0 Å². The smallest absolute Gasteiger partial charge is 0.323 e. The number of ether oxygens (including phenoxy) is 1. The van der Waals surface area contributed by atoms with Crippen LogP contribution in [0.2, 0.25) is 0 Å². The average molecular weight is 289 g/mol. The molecule has 2 rings (SSSR count). The van der Waals surface area contributed by atoms with E-state index >= 15 is 0 Å². The Morgan fingerprint density at radius 3 is 2.52 bits per heavy atom. The fourth-order valence-electron chi connectivity index (χ4n) is 1.53. The Kier molecular flexibility index (Phi) is 5.19. The molecule has 0 amide bonds. The highest BCUT2D eigenvalue weighted by Gasteiger charge is 2.08. The molecule has 0 atom stereocenters. The third-order valence-electron chi connectivity index (χ3n) is 2.36. The maximum Gasteiger partial charge on any atom is 0.323 e. The van der Waals surface area contributed by atoms with Crippen LogP contribution in [0.5, 0.6) is 6.01 Å². The molecular formula is C13H19N7O. The van der Waals surface area contributed by atoms with E-state index in [0.29, 0.717) is 24.5 Å². The van der Waals surface area contributed by atoms with Gasteiger partial charge in [-0.15, -0.1) is 0 Å². The van der Waals surface area contributed by atoms with Crippen LogP contribution in [0.4, 0.5) is 11.9 Å². The van der Waals surface area contributed by atoms with Crippen LogP contribution < -0.4 is 15.4 Å². The van der Waals surface area contributed by atoms with Crippen molar-refractivity contribution < 1.29 is 4.74 Å². The minimum Gasteiger partial charge on any atom is -0.461 e. The maximum atomic E-state index is 5.53. The summed E-state index contributed by atoms with van der Waals surface area (Å²) in [5.41, 5.74) is 0.849. The molecule has 2 N–H and O–H groups in total. The van der Waals surface area contributed by atoms with Gasteiger partial charge in [0.2, 0.25) is 11.9 Å². The standard InChI is InChI=1S/C13H19N7O/c1-4-15-11-18-12(20-13(19-11)21-9(2)3)16-7-10-5-6-14-8-17-10/h5-6,8-9H,4,7H2,1-3H3,(H2,15,16,18,19,20). The predicted molar refractivity (Wildman–Crippen MR) is 79.1 cm³/mol. The van der Waals surface area contributed by atoms with Gasteiger partial charge in [0.25, 0.3) is 0 Å². The summed E-state index contributed by atoms with van der Waals surface area (Å²) in [4.78, 5) is 20.7. The van der Waals surface area contributed by atoms with E-state index < -0.39 is 0 Å². The van der Waals surface area contributed by atoms with Gasteiger partial charge in [-0.1, -0.05) is 0 Å². The van der Waals surface area contributed by atoms with E-state index in [0.717, 1.165) is 12.2 Å². The Labute approximate surface area is 123 Å². The molecule has 0 aliphatic rings. The van der Waals surface area contributed by atoms with E-state index in [4.69, 9.17) is 4.74 Å². The van der Waals surface area contributed by atoms with Crippen LogP contribution in [0.3, 0.4) is 0 Å². The van der Waals surface area contributed by atoms with E-state index in [1.807, 2.05) is 26.8 Å². The van der Waals surface area contributed by atoms with Gasteiger partial charge in [0, 0.05) is 12.7 Å². The van der Waals surface area contributed by atoms with Gasteiger partial charge >= 0.3 is 6.01 Å². The van der Waals surface area contributed by atoms with E-state index in [1.54, 1.807) is 6.20 Å². The van der Waals surface area contributed by atoms with Gasteiger partial charge in [0.1, 0.15) is 6.33 Å². The van der Waals surface area contributed by atoms with Crippen molar-refractivity contribution in [3.05, 3.63) is 24.3 Å². The second kappa shape index (κ2) is 7.32. The van der Waals surface area contributed by atoms with Crippen molar-refractivity contribution in [2.45, 2.75) is 33.4 Å². The summed E-state index contributed by atoms with van der Waals surface area (Å²) in [6.07, 6.45) is 3.19. The van der Waals surface area contributed by atoms with Gasteiger partial charge in [-0.25, -0.2) is 9.97 Å². The average Bonchev–Trinajstić information content (AvgIpc) is 2.46. The van der Waals surface area contributed by atoms with E-state index in [2.05, 4.69) is 35.6 Å². The lowest BCUT2D eigenvalue weighted by Gasteiger charge is -2.11. The van der Waals surface area contributed by atoms with Crippen LogP contribution in [0.25, 0.3) is 0 Å². The van der Waals surface area contributed by atoms with Crippen molar-refractivity contribution >= 4 is 11.9 Å². The first-order chi connectivity index (χ1) is 10.2. The monoisotopic (exact) mass is 289 g/mol. The Hall–Kier alpha value is -2.51. The van der Waals surface area contributed by atoms with Gasteiger partial charge in [-0.05, 0) is 26.8 Å². The first-order valence-corrected chi connectivity index (χ1v) is 6.82. The van der Waals surface area contributed by atoms with Gasteiger partial charge in [-0.3, -0.25) is 0 Å².